The first-order chi connectivity index (χ1) is 8.58. The Kier molecular flexibility index (Phi) is 3.00. The quantitative estimate of drug-likeness (QED) is 0.786. The van der Waals surface area contributed by atoms with Gasteiger partial charge in [0.15, 0.2) is 0 Å². The molecule has 3 rings (SSSR count). The van der Waals surface area contributed by atoms with Gasteiger partial charge in [-0.25, -0.2) is 0 Å². The largest absolute Gasteiger partial charge is 0.487 e. The number of rotatable bonds is 0. The summed E-state index contributed by atoms with van der Waals surface area (Å²) in [5.41, 5.74) is 7.15. The summed E-state index contributed by atoms with van der Waals surface area (Å²) in [6.45, 7) is 2.84. The molecule has 1 aromatic rings. The summed E-state index contributed by atoms with van der Waals surface area (Å²) in [7, 11) is 0. The monoisotopic (exact) mass is 267 g/mol. The van der Waals surface area contributed by atoms with Crippen LogP contribution in [0.1, 0.15) is 37.8 Å². The van der Waals surface area contributed by atoms with Crippen LogP contribution in [-0.2, 0) is 4.74 Å². The van der Waals surface area contributed by atoms with Crippen LogP contribution in [0.2, 0.25) is 5.02 Å². The van der Waals surface area contributed by atoms with E-state index in [1.165, 1.54) is 0 Å². The van der Waals surface area contributed by atoms with E-state index >= 15 is 0 Å². The van der Waals surface area contributed by atoms with Crippen LogP contribution in [0.3, 0.4) is 0 Å². The summed E-state index contributed by atoms with van der Waals surface area (Å²) in [6, 6.07) is 5.70. The van der Waals surface area contributed by atoms with Gasteiger partial charge in [-0.2, -0.15) is 0 Å². The summed E-state index contributed by atoms with van der Waals surface area (Å²) in [4.78, 5) is 0. The molecule has 0 saturated carbocycles. The third-order valence-corrected chi connectivity index (χ3v) is 4.14. The molecule has 2 unspecified atom stereocenters. The van der Waals surface area contributed by atoms with Crippen molar-refractivity contribution in [2.45, 2.75) is 43.9 Å². The van der Waals surface area contributed by atoms with Gasteiger partial charge in [-0.1, -0.05) is 11.6 Å². The number of benzene rings is 1. The molecule has 1 saturated heterocycles. The van der Waals surface area contributed by atoms with Gasteiger partial charge in [0.05, 0.1) is 12.7 Å². The maximum Gasteiger partial charge on any atom is 0.125 e. The predicted octanol–water partition coefficient (Wildman–Crippen LogP) is 3.06. The smallest absolute Gasteiger partial charge is 0.125 e. The van der Waals surface area contributed by atoms with E-state index in [-0.39, 0.29) is 17.7 Å². The lowest BCUT2D eigenvalue weighted by atomic mass is 9.80. The second-order valence-electron chi connectivity index (χ2n) is 5.41. The fourth-order valence-corrected chi connectivity index (χ4v) is 3.28. The summed E-state index contributed by atoms with van der Waals surface area (Å²) < 4.78 is 11.8. The van der Waals surface area contributed by atoms with Gasteiger partial charge >= 0.3 is 0 Å². The van der Waals surface area contributed by atoms with Gasteiger partial charge in [0.2, 0.25) is 0 Å². The average Bonchev–Trinajstić information content (AvgIpc) is 2.30. The van der Waals surface area contributed by atoms with Gasteiger partial charge in [0.25, 0.3) is 0 Å². The topological polar surface area (TPSA) is 44.5 Å². The predicted molar refractivity (Wildman–Crippen MR) is 71.0 cm³/mol. The molecule has 2 aliphatic rings. The Labute approximate surface area is 112 Å². The Bertz CT molecular complexity index is 465. The van der Waals surface area contributed by atoms with Crippen molar-refractivity contribution in [2.24, 2.45) is 5.73 Å². The number of hydrogen-bond acceptors (Lipinski definition) is 3. The van der Waals surface area contributed by atoms with Crippen molar-refractivity contribution in [3.63, 3.8) is 0 Å². The van der Waals surface area contributed by atoms with Crippen LogP contribution in [0.25, 0.3) is 0 Å². The van der Waals surface area contributed by atoms with Crippen LogP contribution in [-0.4, -0.2) is 18.3 Å². The van der Waals surface area contributed by atoms with Crippen molar-refractivity contribution >= 4 is 11.6 Å². The van der Waals surface area contributed by atoms with Crippen molar-refractivity contribution in [1.29, 1.82) is 0 Å². The lowest BCUT2D eigenvalue weighted by Crippen LogP contribution is -2.49. The van der Waals surface area contributed by atoms with Crippen molar-refractivity contribution in [3.8, 4) is 5.75 Å². The van der Waals surface area contributed by atoms with Gasteiger partial charge in [-0.3, -0.25) is 0 Å². The lowest BCUT2D eigenvalue weighted by molar-refractivity contribution is -0.0949. The summed E-state index contributed by atoms with van der Waals surface area (Å²) in [6.07, 6.45) is 2.89. The molecule has 0 radical (unpaired) electrons. The molecule has 18 heavy (non-hydrogen) atoms. The molecular formula is C14H18ClNO2. The first kappa shape index (κ1) is 12.3. The molecular weight excluding hydrogens is 250 g/mol. The van der Waals surface area contributed by atoms with Crippen LogP contribution in [0.5, 0.6) is 5.75 Å². The minimum absolute atomic E-state index is 0.00208. The highest BCUT2D eigenvalue weighted by atomic mass is 35.5. The number of halogens is 1. The van der Waals surface area contributed by atoms with Crippen LogP contribution in [0, 0.1) is 0 Å². The fraction of sp³-hybridized carbons (Fsp3) is 0.571. The first-order valence-corrected chi connectivity index (χ1v) is 6.81. The number of nitrogens with two attached hydrogens (primary N) is 1. The highest BCUT2D eigenvalue weighted by Gasteiger charge is 2.43. The summed E-state index contributed by atoms with van der Waals surface area (Å²) >= 11 is 6.01. The van der Waals surface area contributed by atoms with Crippen molar-refractivity contribution in [3.05, 3.63) is 28.8 Å². The Balaban J connectivity index is 1.93. The van der Waals surface area contributed by atoms with E-state index in [4.69, 9.17) is 26.8 Å². The normalized spacial score (nSPS) is 35.1. The molecule has 2 N–H and O–H groups in total. The van der Waals surface area contributed by atoms with Gasteiger partial charge < -0.3 is 15.2 Å². The van der Waals surface area contributed by atoms with Crippen molar-refractivity contribution < 1.29 is 9.47 Å². The number of hydrogen-bond donors (Lipinski definition) is 1. The van der Waals surface area contributed by atoms with Gasteiger partial charge in [0.1, 0.15) is 11.4 Å². The third kappa shape index (κ3) is 2.11. The maximum absolute atomic E-state index is 6.29. The van der Waals surface area contributed by atoms with E-state index in [0.29, 0.717) is 5.02 Å². The molecule has 98 valence electrons. The molecule has 0 bridgehead atoms. The zero-order valence-electron chi connectivity index (χ0n) is 10.5. The SMILES string of the molecule is CC1CC2(CCO1)C[C@@H](N)c1cc(Cl)ccc1O2. The van der Waals surface area contributed by atoms with Crippen molar-refractivity contribution in [1.82, 2.24) is 0 Å². The minimum Gasteiger partial charge on any atom is -0.487 e. The molecule has 3 nitrogen and oxygen atoms in total. The van der Waals surface area contributed by atoms with Crippen LogP contribution < -0.4 is 10.5 Å². The molecule has 2 heterocycles. The molecule has 4 heteroatoms. The average molecular weight is 268 g/mol. The number of ether oxygens (including phenoxy) is 2. The van der Waals surface area contributed by atoms with Gasteiger partial charge in [-0.15, -0.1) is 0 Å². The van der Waals surface area contributed by atoms with Crippen LogP contribution >= 0.6 is 11.6 Å². The van der Waals surface area contributed by atoms with E-state index in [9.17, 15) is 0 Å². The van der Waals surface area contributed by atoms with E-state index in [0.717, 1.165) is 37.2 Å². The molecule has 3 atom stereocenters. The van der Waals surface area contributed by atoms with Gasteiger partial charge in [-0.05, 0) is 25.1 Å². The van der Waals surface area contributed by atoms with Crippen LogP contribution in [0.15, 0.2) is 18.2 Å². The summed E-state index contributed by atoms with van der Waals surface area (Å²) in [5, 5.41) is 0.712. The zero-order chi connectivity index (χ0) is 12.8. The van der Waals surface area contributed by atoms with E-state index in [1.54, 1.807) is 0 Å². The highest BCUT2D eigenvalue weighted by molar-refractivity contribution is 6.30. The van der Waals surface area contributed by atoms with Gasteiger partial charge in [0, 0.05) is 35.9 Å². The van der Waals surface area contributed by atoms with E-state index in [1.807, 2.05) is 18.2 Å². The van der Waals surface area contributed by atoms with Crippen molar-refractivity contribution in [2.75, 3.05) is 6.61 Å². The molecule has 2 aliphatic heterocycles. The molecule has 1 spiro atoms. The Morgan fingerprint density at radius 2 is 2.22 bits per heavy atom. The van der Waals surface area contributed by atoms with Crippen LogP contribution in [0.4, 0.5) is 0 Å². The zero-order valence-corrected chi connectivity index (χ0v) is 11.2. The Morgan fingerprint density at radius 1 is 1.39 bits per heavy atom. The standard InChI is InChI=1S/C14H18ClNO2/c1-9-7-14(4-5-17-9)8-12(16)11-6-10(15)2-3-13(11)18-14/h2-3,6,9,12H,4-5,7-8,16H2,1H3/t9?,12-,14?/m1/s1. The lowest BCUT2D eigenvalue weighted by Gasteiger charge is -2.45. The maximum atomic E-state index is 6.29. The fourth-order valence-electron chi connectivity index (χ4n) is 3.10. The Morgan fingerprint density at radius 3 is 3.00 bits per heavy atom. The second kappa shape index (κ2) is 4.41. The first-order valence-electron chi connectivity index (χ1n) is 6.44. The second-order valence-corrected chi connectivity index (χ2v) is 5.85. The summed E-state index contributed by atoms with van der Waals surface area (Å²) in [5.74, 6) is 0.882. The minimum atomic E-state index is -0.155. The number of fused-ring (bicyclic) bond motifs is 1. The molecule has 0 aromatic heterocycles. The Hall–Kier alpha value is -0.770. The molecule has 0 amide bonds. The highest BCUT2D eigenvalue weighted by Crippen LogP contribution is 2.44. The molecule has 1 aromatic carbocycles. The molecule has 0 aliphatic carbocycles. The van der Waals surface area contributed by atoms with E-state index in [2.05, 4.69) is 6.92 Å². The molecule has 1 fully saturated rings. The van der Waals surface area contributed by atoms with E-state index < -0.39 is 0 Å². The third-order valence-electron chi connectivity index (χ3n) is 3.91.